The maximum Gasteiger partial charge on any atom is 0.217 e. The number of hydrogen-bond donors (Lipinski definition) is 1. The highest BCUT2D eigenvalue weighted by atomic mass is 19.1. The molecule has 1 saturated carbocycles. The van der Waals surface area contributed by atoms with Crippen molar-refractivity contribution in [2.75, 3.05) is 0 Å². The quantitative estimate of drug-likeness (QED) is 0.597. The van der Waals surface area contributed by atoms with E-state index in [4.69, 9.17) is 0 Å². The lowest BCUT2D eigenvalue weighted by atomic mass is 9.98. The van der Waals surface area contributed by atoms with Crippen LogP contribution in [0.25, 0.3) is 28.0 Å². The van der Waals surface area contributed by atoms with Gasteiger partial charge in [-0.25, -0.2) is 9.37 Å². The number of halogens is 2. The molecular formula is C19H14F2N4. The van der Waals surface area contributed by atoms with Gasteiger partial charge in [0.05, 0.1) is 6.20 Å². The third kappa shape index (κ3) is 2.33. The van der Waals surface area contributed by atoms with Crippen molar-refractivity contribution in [3.63, 3.8) is 0 Å². The van der Waals surface area contributed by atoms with E-state index in [-0.39, 0.29) is 5.82 Å². The molecule has 1 aliphatic rings. The summed E-state index contributed by atoms with van der Waals surface area (Å²) in [6.07, 6.45) is 5.16. The molecule has 0 aliphatic heterocycles. The number of fused-ring (bicyclic) bond motifs is 1. The zero-order valence-electron chi connectivity index (χ0n) is 13.2. The number of aromatic nitrogens is 4. The minimum absolute atomic E-state index is 0.287. The van der Waals surface area contributed by atoms with Crippen LogP contribution in [0.3, 0.4) is 0 Å². The van der Waals surface area contributed by atoms with Gasteiger partial charge in [-0.15, -0.1) is 0 Å². The summed E-state index contributed by atoms with van der Waals surface area (Å²) in [6.45, 7) is 0. The Morgan fingerprint density at radius 3 is 2.52 bits per heavy atom. The molecule has 1 N–H and O–H groups in total. The smallest absolute Gasteiger partial charge is 0.217 e. The zero-order valence-corrected chi connectivity index (χ0v) is 13.2. The van der Waals surface area contributed by atoms with Crippen LogP contribution in [0.4, 0.5) is 8.78 Å². The van der Waals surface area contributed by atoms with E-state index >= 15 is 0 Å². The van der Waals surface area contributed by atoms with E-state index in [1.165, 1.54) is 22.7 Å². The zero-order chi connectivity index (χ0) is 17.0. The molecule has 0 saturated heterocycles. The highest BCUT2D eigenvalue weighted by Crippen LogP contribution is 2.46. The average Bonchev–Trinajstić information content (AvgIpc) is 3.28. The van der Waals surface area contributed by atoms with Crippen molar-refractivity contribution < 1.29 is 8.78 Å². The number of aromatic amines is 1. The Balaban J connectivity index is 1.73. The summed E-state index contributed by atoms with van der Waals surface area (Å²) in [4.78, 5) is 4.02. The van der Waals surface area contributed by atoms with Gasteiger partial charge < -0.3 is 0 Å². The fraction of sp³-hybridized carbons (Fsp3) is 0.158. The molecule has 0 radical (unpaired) electrons. The van der Waals surface area contributed by atoms with Crippen molar-refractivity contribution in [2.45, 2.75) is 18.8 Å². The molecule has 1 aromatic carbocycles. The Hall–Kier alpha value is -3.02. The monoisotopic (exact) mass is 336 g/mol. The molecule has 4 aromatic rings. The summed E-state index contributed by atoms with van der Waals surface area (Å²) in [6, 6.07) is 9.97. The SMILES string of the molecule is Fc1ccc(-c2n[nH]c(C3CC3)c2-c2ccc3ncc(F)n3c2)cc1. The number of benzene rings is 1. The van der Waals surface area contributed by atoms with E-state index in [1.807, 2.05) is 6.07 Å². The van der Waals surface area contributed by atoms with Gasteiger partial charge >= 0.3 is 0 Å². The van der Waals surface area contributed by atoms with Gasteiger partial charge in [-0.2, -0.15) is 9.49 Å². The largest absolute Gasteiger partial charge is 0.281 e. The third-order valence-corrected chi connectivity index (χ3v) is 4.65. The number of rotatable bonds is 3. The van der Waals surface area contributed by atoms with Crippen LogP contribution in [0.5, 0.6) is 0 Å². The third-order valence-electron chi connectivity index (χ3n) is 4.65. The molecule has 0 spiro atoms. The van der Waals surface area contributed by atoms with E-state index in [9.17, 15) is 8.78 Å². The first-order valence-electron chi connectivity index (χ1n) is 8.18. The van der Waals surface area contributed by atoms with Crippen molar-refractivity contribution in [3.8, 4) is 22.4 Å². The minimum Gasteiger partial charge on any atom is -0.281 e. The molecule has 4 nitrogen and oxygen atoms in total. The van der Waals surface area contributed by atoms with E-state index < -0.39 is 5.95 Å². The van der Waals surface area contributed by atoms with E-state index in [0.717, 1.165) is 40.9 Å². The first-order valence-corrected chi connectivity index (χ1v) is 8.18. The van der Waals surface area contributed by atoms with Gasteiger partial charge in [0, 0.05) is 34.5 Å². The van der Waals surface area contributed by atoms with Crippen molar-refractivity contribution >= 4 is 5.65 Å². The minimum atomic E-state index is -0.406. The summed E-state index contributed by atoms with van der Waals surface area (Å²) >= 11 is 0. The first-order chi connectivity index (χ1) is 12.2. The Labute approximate surface area is 142 Å². The number of nitrogens with one attached hydrogen (secondary N) is 1. The fourth-order valence-corrected chi connectivity index (χ4v) is 3.23. The lowest BCUT2D eigenvalue weighted by Crippen LogP contribution is -1.92. The van der Waals surface area contributed by atoms with Crippen molar-refractivity contribution in [3.05, 3.63) is 66.3 Å². The fourth-order valence-electron chi connectivity index (χ4n) is 3.23. The van der Waals surface area contributed by atoms with Gasteiger partial charge in [0.1, 0.15) is 17.2 Å². The van der Waals surface area contributed by atoms with Gasteiger partial charge in [0.2, 0.25) is 5.95 Å². The number of pyridine rings is 1. The molecular weight excluding hydrogens is 322 g/mol. The summed E-state index contributed by atoms with van der Waals surface area (Å²) in [5.41, 5.74) is 5.00. The van der Waals surface area contributed by atoms with Gasteiger partial charge in [-0.05, 0) is 49.2 Å². The summed E-state index contributed by atoms with van der Waals surface area (Å²) in [5, 5.41) is 7.62. The van der Waals surface area contributed by atoms with Crippen molar-refractivity contribution in [2.24, 2.45) is 0 Å². The van der Waals surface area contributed by atoms with Gasteiger partial charge in [0.15, 0.2) is 0 Å². The molecule has 5 rings (SSSR count). The predicted molar refractivity (Wildman–Crippen MR) is 90.1 cm³/mol. The molecule has 1 aliphatic carbocycles. The number of H-pyrrole nitrogens is 1. The standard InChI is InChI=1S/C19H14F2N4/c20-14-6-3-12(4-7-14)19-17(18(23-24-19)11-1-2-11)13-5-8-16-22-9-15(21)25(16)10-13/h3-11H,1-2H2,(H,23,24). The van der Waals surface area contributed by atoms with Crippen LogP contribution in [-0.4, -0.2) is 19.6 Å². The van der Waals surface area contributed by atoms with E-state index in [1.54, 1.807) is 24.4 Å². The van der Waals surface area contributed by atoms with Crippen LogP contribution >= 0.6 is 0 Å². The highest BCUT2D eigenvalue weighted by molar-refractivity contribution is 5.83. The van der Waals surface area contributed by atoms with Crippen LogP contribution in [0, 0.1) is 11.8 Å². The number of nitrogens with zero attached hydrogens (tertiary/aromatic N) is 3. The molecule has 1 fully saturated rings. The molecule has 6 heteroatoms. The molecule has 124 valence electrons. The second kappa shape index (κ2) is 5.24. The van der Waals surface area contributed by atoms with Gasteiger partial charge in [-0.1, -0.05) is 0 Å². The predicted octanol–water partition coefficient (Wildman–Crippen LogP) is 4.55. The van der Waals surface area contributed by atoms with Crippen LogP contribution in [0.1, 0.15) is 24.5 Å². The molecule has 3 aromatic heterocycles. The van der Waals surface area contributed by atoms with Crippen LogP contribution in [-0.2, 0) is 0 Å². The Bertz CT molecular complexity index is 1070. The van der Waals surface area contributed by atoms with Gasteiger partial charge in [0.25, 0.3) is 0 Å². The van der Waals surface area contributed by atoms with Crippen LogP contribution < -0.4 is 0 Å². The van der Waals surface area contributed by atoms with Crippen LogP contribution in [0.2, 0.25) is 0 Å². The summed E-state index contributed by atoms with van der Waals surface area (Å²) in [7, 11) is 0. The summed E-state index contributed by atoms with van der Waals surface area (Å²) in [5.74, 6) is -0.248. The number of imidazole rings is 1. The second-order valence-electron chi connectivity index (χ2n) is 6.37. The summed E-state index contributed by atoms with van der Waals surface area (Å²) < 4.78 is 28.6. The molecule has 0 atom stereocenters. The van der Waals surface area contributed by atoms with Crippen LogP contribution in [0.15, 0.2) is 48.8 Å². The molecule has 25 heavy (non-hydrogen) atoms. The highest BCUT2D eigenvalue weighted by Gasteiger charge is 2.30. The molecule has 0 unspecified atom stereocenters. The Morgan fingerprint density at radius 1 is 1.00 bits per heavy atom. The first kappa shape index (κ1) is 14.3. The maximum atomic E-state index is 13.9. The average molecular weight is 336 g/mol. The maximum absolute atomic E-state index is 13.9. The Morgan fingerprint density at radius 2 is 1.76 bits per heavy atom. The Kier molecular flexibility index (Phi) is 3.00. The number of hydrogen-bond acceptors (Lipinski definition) is 2. The normalized spacial score (nSPS) is 14.3. The lowest BCUT2D eigenvalue weighted by molar-refractivity contribution is 0.573. The van der Waals surface area contributed by atoms with Crippen molar-refractivity contribution in [1.82, 2.24) is 19.6 Å². The van der Waals surface area contributed by atoms with Gasteiger partial charge in [-0.3, -0.25) is 9.50 Å². The van der Waals surface area contributed by atoms with Crippen molar-refractivity contribution in [1.29, 1.82) is 0 Å². The molecule has 3 heterocycles. The molecule has 0 amide bonds. The molecule has 0 bridgehead atoms. The second-order valence-corrected chi connectivity index (χ2v) is 6.37. The van der Waals surface area contributed by atoms with E-state index in [0.29, 0.717) is 11.6 Å². The van der Waals surface area contributed by atoms with E-state index in [2.05, 4.69) is 15.2 Å². The topological polar surface area (TPSA) is 46.0 Å². The lowest BCUT2D eigenvalue weighted by Gasteiger charge is -2.07.